The normalized spacial score (nSPS) is 27.6. The molecule has 1 aliphatic rings. The van der Waals surface area contributed by atoms with Crippen molar-refractivity contribution in [3.8, 4) is 0 Å². The molecule has 0 aromatic carbocycles. The summed E-state index contributed by atoms with van der Waals surface area (Å²) in [6.45, 7) is 1.72. The van der Waals surface area contributed by atoms with Crippen molar-refractivity contribution in [2.75, 3.05) is 7.05 Å². The summed E-state index contributed by atoms with van der Waals surface area (Å²) >= 11 is 0. The van der Waals surface area contributed by atoms with Gasteiger partial charge in [-0.25, -0.2) is 0 Å². The number of hydrogen-bond donors (Lipinski definition) is 2. The second kappa shape index (κ2) is 5.71. The lowest BCUT2D eigenvalue weighted by atomic mass is 9.85. The molecule has 0 aromatic heterocycles. The van der Waals surface area contributed by atoms with E-state index in [0.29, 0.717) is 12.8 Å². The number of nitrogens with one attached hydrogen (secondary N) is 2. The van der Waals surface area contributed by atoms with E-state index < -0.39 is 12.1 Å². The van der Waals surface area contributed by atoms with Gasteiger partial charge in [0.05, 0.1) is 12.0 Å². The van der Waals surface area contributed by atoms with Crippen molar-refractivity contribution in [3.05, 3.63) is 0 Å². The van der Waals surface area contributed by atoms with Crippen LogP contribution in [0.1, 0.15) is 32.6 Å². The third-order valence-corrected chi connectivity index (χ3v) is 3.32. The van der Waals surface area contributed by atoms with Gasteiger partial charge in [0.15, 0.2) is 0 Å². The van der Waals surface area contributed by atoms with Gasteiger partial charge in [-0.2, -0.15) is 13.2 Å². The van der Waals surface area contributed by atoms with Crippen LogP contribution in [0.25, 0.3) is 0 Å². The van der Waals surface area contributed by atoms with Gasteiger partial charge in [-0.05, 0) is 32.6 Å². The van der Waals surface area contributed by atoms with Crippen molar-refractivity contribution in [3.63, 3.8) is 0 Å². The van der Waals surface area contributed by atoms with Crippen LogP contribution < -0.4 is 10.6 Å². The van der Waals surface area contributed by atoms with Crippen LogP contribution in [0.15, 0.2) is 0 Å². The van der Waals surface area contributed by atoms with E-state index in [1.165, 1.54) is 0 Å². The zero-order chi connectivity index (χ0) is 13.1. The lowest BCUT2D eigenvalue weighted by Crippen LogP contribution is -2.47. The van der Waals surface area contributed by atoms with Crippen molar-refractivity contribution in [2.24, 2.45) is 5.92 Å². The fourth-order valence-electron chi connectivity index (χ4n) is 2.23. The highest BCUT2D eigenvalue weighted by Gasteiger charge is 2.41. The van der Waals surface area contributed by atoms with E-state index in [9.17, 15) is 18.0 Å². The number of hydrogen-bond acceptors (Lipinski definition) is 2. The van der Waals surface area contributed by atoms with Gasteiger partial charge >= 0.3 is 6.18 Å². The smallest absolute Gasteiger partial charge is 0.358 e. The third kappa shape index (κ3) is 4.18. The van der Waals surface area contributed by atoms with Gasteiger partial charge in [-0.15, -0.1) is 0 Å². The molecule has 0 radical (unpaired) electrons. The molecule has 1 fully saturated rings. The summed E-state index contributed by atoms with van der Waals surface area (Å²) in [5.41, 5.74) is 0. The van der Waals surface area contributed by atoms with Crippen LogP contribution in [0.3, 0.4) is 0 Å². The van der Waals surface area contributed by atoms with Crippen LogP contribution in [0, 0.1) is 5.92 Å². The second-order valence-corrected chi connectivity index (χ2v) is 4.59. The average Bonchev–Trinajstić information content (AvgIpc) is 2.27. The number of carbonyl (C=O) groups is 1. The monoisotopic (exact) mass is 252 g/mol. The summed E-state index contributed by atoms with van der Waals surface area (Å²) in [4.78, 5) is 11.3. The van der Waals surface area contributed by atoms with Crippen LogP contribution in [-0.4, -0.2) is 31.2 Å². The maximum Gasteiger partial charge on any atom is 0.391 e. The molecule has 0 aliphatic heterocycles. The Kier molecular flexibility index (Phi) is 4.80. The Morgan fingerprint density at radius 1 is 1.24 bits per heavy atom. The lowest BCUT2D eigenvalue weighted by Gasteiger charge is -2.31. The molecule has 1 aliphatic carbocycles. The molecule has 6 heteroatoms. The molecule has 1 rings (SSSR count). The Balaban J connectivity index is 2.35. The molecule has 1 saturated carbocycles. The molecular formula is C11H19F3N2O. The molecule has 0 bridgehead atoms. The standard InChI is InChI=1S/C11H19F3N2O/c1-7(10(17)15-2)16-9-5-3-8(4-6-9)11(12,13)14/h7-9,16H,3-6H2,1-2H3,(H,15,17). The molecule has 17 heavy (non-hydrogen) atoms. The largest absolute Gasteiger partial charge is 0.391 e. The van der Waals surface area contributed by atoms with E-state index in [4.69, 9.17) is 0 Å². The van der Waals surface area contributed by atoms with Crippen LogP contribution in [0.4, 0.5) is 13.2 Å². The molecule has 2 N–H and O–H groups in total. The molecule has 100 valence electrons. The van der Waals surface area contributed by atoms with Gasteiger partial charge in [-0.1, -0.05) is 0 Å². The van der Waals surface area contributed by atoms with Crippen molar-refractivity contribution in [1.29, 1.82) is 0 Å². The van der Waals surface area contributed by atoms with E-state index in [1.807, 2.05) is 0 Å². The quantitative estimate of drug-likeness (QED) is 0.804. The average molecular weight is 252 g/mol. The first kappa shape index (κ1) is 14.3. The second-order valence-electron chi connectivity index (χ2n) is 4.59. The Morgan fingerprint density at radius 3 is 2.18 bits per heavy atom. The van der Waals surface area contributed by atoms with Gasteiger partial charge < -0.3 is 10.6 Å². The predicted molar refractivity (Wildman–Crippen MR) is 58.5 cm³/mol. The summed E-state index contributed by atoms with van der Waals surface area (Å²) < 4.78 is 37.3. The molecule has 1 amide bonds. The van der Waals surface area contributed by atoms with Crippen molar-refractivity contribution >= 4 is 5.91 Å². The minimum atomic E-state index is -4.07. The van der Waals surface area contributed by atoms with Gasteiger partial charge in [-0.3, -0.25) is 4.79 Å². The Hall–Kier alpha value is -0.780. The first-order valence-electron chi connectivity index (χ1n) is 5.89. The number of halogens is 3. The Labute approximate surface area is 99.1 Å². The Morgan fingerprint density at radius 2 is 1.76 bits per heavy atom. The number of amides is 1. The topological polar surface area (TPSA) is 41.1 Å². The van der Waals surface area contributed by atoms with Crippen molar-refractivity contribution in [1.82, 2.24) is 10.6 Å². The predicted octanol–water partition coefficient (Wildman–Crippen LogP) is 1.83. The van der Waals surface area contributed by atoms with E-state index in [2.05, 4.69) is 10.6 Å². The lowest BCUT2D eigenvalue weighted by molar-refractivity contribution is -0.182. The van der Waals surface area contributed by atoms with Crippen LogP contribution in [0.2, 0.25) is 0 Å². The van der Waals surface area contributed by atoms with Crippen molar-refractivity contribution in [2.45, 2.75) is 50.9 Å². The van der Waals surface area contributed by atoms with Crippen molar-refractivity contribution < 1.29 is 18.0 Å². The number of alkyl halides is 3. The molecule has 0 spiro atoms. The highest BCUT2D eigenvalue weighted by molar-refractivity contribution is 5.80. The first-order valence-corrected chi connectivity index (χ1v) is 5.89. The molecule has 0 saturated heterocycles. The summed E-state index contributed by atoms with van der Waals surface area (Å²) in [6.07, 6.45) is -2.81. The highest BCUT2D eigenvalue weighted by Crippen LogP contribution is 2.37. The zero-order valence-corrected chi connectivity index (χ0v) is 10.1. The van der Waals surface area contributed by atoms with E-state index in [1.54, 1.807) is 14.0 Å². The summed E-state index contributed by atoms with van der Waals surface area (Å²) in [6, 6.07) is -0.340. The number of rotatable bonds is 3. The highest BCUT2D eigenvalue weighted by atomic mass is 19.4. The fourth-order valence-corrected chi connectivity index (χ4v) is 2.23. The number of carbonyl (C=O) groups excluding carboxylic acids is 1. The van der Waals surface area contributed by atoms with Crippen LogP contribution in [-0.2, 0) is 4.79 Å². The number of likely N-dealkylation sites (N-methyl/N-ethyl adjacent to an activating group) is 1. The maximum atomic E-state index is 12.4. The van der Waals surface area contributed by atoms with Gasteiger partial charge in [0.1, 0.15) is 0 Å². The molecule has 1 unspecified atom stereocenters. The van der Waals surface area contributed by atoms with Crippen LogP contribution in [0.5, 0.6) is 0 Å². The molecular weight excluding hydrogens is 233 g/mol. The molecule has 0 aromatic rings. The molecule has 3 nitrogen and oxygen atoms in total. The van der Waals surface area contributed by atoms with Crippen LogP contribution >= 0.6 is 0 Å². The minimum absolute atomic E-state index is 0.0147. The third-order valence-electron chi connectivity index (χ3n) is 3.32. The Bertz CT molecular complexity index is 260. The van der Waals surface area contributed by atoms with E-state index in [0.717, 1.165) is 0 Å². The first-order chi connectivity index (χ1) is 7.84. The van der Waals surface area contributed by atoms with E-state index in [-0.39, 0.29) is 30.8 Å². The SMILES string of the molecule is CNC(=O)C(C)NC1CCC(C(F)(F)F)CC1. The summed E-state index contributed by atoms with van der Waals surface area (Å²) in [7, 11) is 1.54. The molecule has 1 atom stereocenters. The summed E-state index contributed by atoms with van der Waals surface area (Å²) in [5.74, 6) is -1.31. The summed E-state index contributed by atoms with van der Waals surface area (Å²) in [5, 5.41) is 5.57. The van der Waals surface area contributed by atoms with Gasteiger partial charge in [0, 0.05) is 13.1 Å². The maximum absolute atomic E-state index is 12.4. The van der Waals surface area contributed by atoms with E-state index >= 15 is 0 Å². The van der Waals surface area contributed by atoms with Gasteiger partial charge in [0.25, 0.3) is 0 Å². The van der Waals surface area contributed by atoms with Gasteiger partial charge in [0.2, 0.25) is 5.91 Å². The fraction of sp³-hybridized carbons (Fsp3) is 0.909. The molecule has 0 heterocycles. The zero-order valence-electron chi connectivity index (χ0n) is 10.1. The minimum Gasteiger partial charge on any atom is -0.358 e.